The molecule has 1 aliphatic rings. The number of halogens is 1. The van der Waals surface area contributed by atoms with Gasteiger partial charge in [-0.05, 0) is 24.3 Å². The van der Waals surface area contributed by atoms with Crippen LogP contribution in [0, 0.1) is 17.1 Å². The highest BCUT2D eigenvalue weighted by atomic mass is 32.2. The molecule has 0 amide bonds. The zero-order valence-electron chi connectivity index (χ0n) is 12.8. The Kier molecular flexibility index (Phi) is 4.46. The number of hydrogen-bond acceptors (Lipinski definition) is 5. The zero-order chi connectivity index (χ0) is 17.2. The summed E-state index contributed by atoms with van der Waals surface area (Å²) < 4.78 is 40.2. The third-order valence-electron chi connectivity index (χ3n) is 3.89. The summed E-state index contributed by atoms with van der Waals surface area (Å²) in [4.78, 5) is 5.85. The van der Waals surface area contributed by atoms with Gasteiger partial charge in [0.1, 0.15) is 22.6 Å². The number of hydrogen-bond donors (Lipinski definition) is 0. The molecule has 0 bridgehead atoms. The highest BCUT2D eigenvalue weighted by Crippen LogP contribution is 2.22. The topological polar surface area (TPSA) is 77.3 Å². The maximum atomic E-state index is 13.8. The van der Waals surface area contributed by atoms with Crippen LogP contribution in [-0.4, -0.2) is 43.9 Å². The van der Waals surface area contributed by atoms with E-state index in [0.717, 1.165) is 6.07 Å². The van der Waals surface area contributed by atoms with E-state index in [-0.39, 0.29) is 18.0 Å². The number of nitrogens with zero attached hydrogens (tertiary/aromatic N) is 4. The van der Waals surface area contributed by atoms with Crippen LogP contribution >= 0.6 is 0 Å². The van der Waals surface area contributed by atoms with E-state index in [1.807, 2.05) is 11.0 Å². The Morgan fingerprint density at radius 1 is 1.08 bits per heavy atom. The monoisotopic (exact) mass is 346 g/mol. The molecule has 2 aromatic rings. The molecule has 0 radical (unpaired) electrons. The predicted octanol–water partition coefficient (Wildman–Crippen LogP) is 1.60. The number of anilines is 1. The van der Waals surface area contributed by atoms with Crippen molar-refractivity contribution < 1.29 is 12.8 Å². The Hall–Kier alpha value is -2.50. The molecule has 1 aromatic heterocycles. The molecular formula is C16H15FN4O2S. The summed E-state index contributed by atoms with van der Waals surface area (Å²) in [5.74, 6) is -0.0503. The van der Waals surface area contributed by atoms with Crippen LogP contribution in [0.5, 0.6) is 0 Å². The summed E-state index contributed by atoms with van der Waals surface area (Å²) in [5.41, 5.74) is 0.472. The lowest BCUT2D eigenvalue weighted by Gasteiger charge is -2.34. The Balaban J connectivity index is 1.73. The van der Waals surface area contributed by atoms with Gasteiger partial charge in [-0.3, -0.25) is 0 Å². The van der Waals surface area contributed by atoms with Gasteiger partial charge in [0, 0.05) is 32.4 Å². The first-order valence-corrected chi connectivity index (χ1v) is 8.82. The normalized spacial score (nSPS) is 15.9. The van der Waals surface area contributed by atoms with Crippen molar-refractivity contribution in [3.63, 3.8) is 0 Å². The van der Waals surface area contributed by atoms with E-state index in [1.54, 1.807) is 12.1 Å². The Labute approximate surface area is 139 Å². The number of piperazine rings is 1. The molecule has 24 heavy (non-hydrogen) atoms. The number of rotatable bonds is 3. The smallest absolute Gasteiger partial charge is 0.246 e. The second-order valence-corrected chi connectivity index (χ2v) is 7.24. The second kappa shape index (κ2) is 6.55. The average molecular weight is 346 g/mol. The van der Waals surface area contributed by atoms with Crippen LogP contribution in [0.25, 0.3) is 0 Å². The maximum absolute atomic E-state index is 13.8. The van der Waals surface area contributed by atoms with E-state index in [1.165, 1.54) is 28.7 Å². The van der Waals surface area contributed by atoms with Crippen LogP contribution in [0.3, 0.4) is 0 Å². The number of aromatic nitrogens is 1. The van der Waals surface area contributed by atoms with E-state index >= 15 is 0 Å². The van der Waals surface area contributed by atoms with Gasteiger partial charge in [-0.1, -0.05) is 12.1 Å². The lowest BCUT2D eigenvalue weighted by molar-refractivity contribution is 0.381. The molecule has 0 atom stereocenters. The van der Waals surface area contributed by atoms with Crippen molar-refractivity contribution >= 4 is 15.8 Å². The highest BCUT2D eigenvalue weighted by molar-refractivity contribution is 7.89. The van der Waals surface area contributed by atoms with Crippen molar-refractivity contribution in [2.24, 2.45) is 0 Å². The third-order valence-corrected chi connectivity index (χ3v) is 5.83. The molecule has 0 N–H and O–H groups in total. The van der Waals surface area contributed by atoms with Gasteiger partial charge in [-0.25, -0.2) is 17.8 Å². The van der Waals surface area contributed by atoms with E-state index in [2.05, 4.69) is 4.98 Å². The largest absolute Gasteiger partial charge is 0.354 e. The van der Waals surface area contributed by atoms with Gasteiger partial charge < -0.3 is 4.90 Å². The minimum absolute atomic E-state index is 0.248. The summed E-state index contributed by atoms with van der Waals surface area (Å²) in [6, 6.07) is 10.8. The van der Waals surface area contributed by atoms with Crippen molar-refractivity contribution in [1.82, 2.24) is 9.29 Å². The van der Waals surface area contributed by atoms with Crippen LogP contribution in [-0.2, 0) is 10.0 Å². The quantitative estimate of drug-likeness (QED) is 0.844. The number of sulfonamides is 1. The fourth-order valence-corrected chi connectivity index (χ4v) is 4.08. The Bertz CT molecular complexity index is 870. The predicted molar refractivity (Wildman–Crippen MR) is 86.3 cm³/mol. The van der Waals surface area contributed by atoms with E-state index in [0.29, 0.717) is 24.5 Å². The molecule has 1 aliphatic heterocycles. The van der Waals surface area contributed by atoms with Crippen molar-refractivity contribution in [3.05, 3.63) is 54.0 Å². The molecule has 8 heteroatoms. The molecule has 124 valence electrons. The third kappa shape index (κ3) is 3.09. The highest BCUT2D eigenvalue weighted by Gasteiger charge is 2.30. The molecule has 0 unspecified atom stereocenters. The van der Waals surface area contributed by atoms with Crippen LogP contribution in [0.2, 0.25) is 0 Å². The molecule has 0 spiro atoms. The van der Waals surface area contributed by atoms with Crippen molar-refractivity contribution in [3.8, 4) is 6.07 Å². The number of nitriles is 1. The van der Waals surface area contributed by atoms with Gasteiger partial charge in [0.15, 0.2) is 0 Å². The first-order valence-electron chi connectivity index (χ1n) is 7.38. The average Bonchev–Trinajstić information content (AvgIpc) is 2.62. The van der Waals surface area contributed by atoms with Crippen LogP contribution in [0.4, 0.5) is 10.2 Å². The molecule has 1 fully saturated rings. The number of pyridine rings is 1. The maximum Gasteiger partial charge on any atom is 0.246 e. The fourth-order valence-electron chi connectivity index (χ4n) is 2.59. The van der Waals surface area contributed by atoms with Crippen molar-refractivity contribution in [1.29, 1.82) is 5.26 Å². The lowest BCUT2D eigenvalue weighted by Crippen LogP contribution is -2.49. The van der Waals surface area contributed by atoms with Gasteiger partial charge in [0.2, 0.25) is 10.0 Å². The van der Waals surface area contributed by atoms with E-state index < -0.39 is 15.8 Å². The van der Waals surface area contributed by atoms with Crippen LogP contribution in [0.1, 0.15) is 5.56 Å². The van der Waals surface area contributed by atoms with Crippen LogP contribution < -0.4 is 4.90 Å². The molecular weight excluding hydrogens is 331 g/mol. The van der Waals surface area contributed by atoms with E-state index in [9.17, 15) is 12.8 Å². The molecule has 2 heterocycles. The minimum atomic E-state index is -3.84. The number of benzene rings is 1. The summed E-state index contributed by atoms with van der Waals surface area (Å²) in [5, 5.41) is 8.79. The van der Waals surface area contributed by atoms with Crippen molar-refractivity contribution in [2.45, 2.75) is 4.90 Å². The fraction of sp³-hybridized carbons (Fsp3) is 0.250. The van der Waals surface area contributed by atoms with Crippen molar-refractivity contribution in [2.75, 3.05) is 31.1 Å². The SMILES string of the molecule is N#Cc1ccc(N2CCN(S(=O)(=O)c3ccccc3F)CC2)nc1. The molecule has 0 saturated carbocycles. The minimum Gasteiger partial charge on any atom is -0.354 e. The lowest BCUT2D eigenvalue weighted by atomic mass is 10.3. The Morgan fingerprint density at radius 3 is 2.38 bits per heavy atom. The summed E-state index contributed by atoms with van der Waals surface area (Å²) in [6.07, 6.45) is 1.48. The first kappa shape index (κ1) is 16.4. The van der Waals surface area contributed by atoms with Gasteiger partial charge >= 0.3 is 0 Å². The van der Waals surface area contributed by atoms with Gasteiger partial charge in [-0.15, -0.1) is 0 Å². The van der Waals surface area contributed by atoms with Gasteiger partial charge in [0.25, 0.3) is 0 Å². The summed E-state index contributed by atoms with van der Waals surface area (Å²) >= 11 is 0. The zero-order valence-corrected chi connectivity index (χ0v) is 13.6. The summed E-state index contributed by atoms with van der Waals surface area (Å²) in [6.45, 7) is 1.40. The second-order valence-electron chi connectivity index (χ2n) is 5.34. The first-order chi connectivity index (χ1) is 11.5. The van der Waals surface area contributed by atoms with Gasteiger partial charge in [-0.2, -0.15) is 9.57 Å². The van der Waals surface area contributed by atoms with E-state index in [4.69, 9.17) is 5.26 Å². The molecule has 3 rings (SSSR count). The van der Waals surface area contributed by atoms with Crippen LogP contribution in [0.15, 0.2) is 47.5 Å². The molecule has 0 aliphatic carbocycles. The van der Waals surface area contributed by atoms with Gasteiger partial charge in [0.05, 0.1) is 5.56 Å². The molecule has 1 aromatic carbocycles. The Morgan fingerprint density at radius 2 is 1.79 bits per heavy atom. The summed E-state index contributed by atoms with van der Waals surface area (Å²) in [7, 11) is -3.84. The molecule has 6 nitrogen and oxygen atoms in total. The molecule has 1 saturated heterocycles. The standard InChI is InChI=1S/C16H15FN4O2S/c17-14-3-1-2-4-15(14)24(22,23)21-9-7-20(8-10-21)16-6-5-13(11-18)12-19-16/h1-6,12H,7-10H2.